The summed E-state index contributed by atoms with van der Waals surface area (Å²) in [5.74, 6) is -0.0881. The van der Waals surface area contributed by atoms with E-state index in [0.29, 0.717) is 73.5 Å². The standard InChI is InChI=1S/C34H40N6O5.C27H35BrN6O4.C7H7BO3.CH4/c1-4-29-27(33(38-25-11-13-45-14-12-25)28-20-37-40(5-2)34(28)39-29)19-36-32(43)17-31(42)35-18-22-9-10-30(44-3)26(16-22)24-8-6-7-23(15-24)21-41;1-4-22-19(15-30-25(36)13-24(35)29-14-17-6-7-23(37-3)21(28)12-17)26(32-18-8-10-38-11-9-18)20-16-31-34(5-2)27(20)33-22;9-5-6-2-1-3-7(4-6)8(10)11;/h6-10,15-16,20-21,25H,4-5,11-14,17-19H2,1-3H3,(H,35,42)(H,36,43)(H,38,39);6-7,12,16,18H,4-5,8-11,13-15H2,1-3H3,(H,29,35)(H,30,36)(H,32,33);1-5,10-11H;1H4. The first kappa shape index (κ1) is 73.3. The number of halogens is 1. The predicted octanol–water partition coefficient (Wildman–Crippen LogP) is 7.93. The van der Waals surface area contributed by atoms with Crippen molar-refractivity contribution in [1.29, 1.82) is 0 Å². The molecule has 504 valence electrons. The molecule has 2 aliphatic rings. The van der Waals surface area contributed by atoms with Gasteiger partial charge in [0.1, 0.15) is 36.9 Å². The van der Waals surface area contributed by atoms with E-state index < -0.39 is 7.12 Å². The fourth-order valence-electron chi connectivity index (χ4n) is 11.0. The van der Waals surface area contributed by atoms with Crippen LogP contribution in [0.4, 0.5) is 11.4 Å². The van der Waals surface area contributed by atoms with Gasteiger partial charge in [-0.25, -0.2) is 19.3 Å². The first-order valence-corrected chi connectivity index (χ1v) is 32.4. The summed E-state index contributed by atoms with van der Waals surface area (Å²) >= 11 is 3.44. The van der Waals surface area contributed by atoms with E-state index >= 15 is 0 Å². The van der Waals surface area contributed by atoms with Gasteiger partial charge in [0, 0.05) is 117 Å². The monoisotopic (exact) mass is 1360 g/mol. The van der Waals surface area contributed by atoms with E-state index in [2.05, 4.69) is 65.0 Å². The molecule has 0 aliphatic carbocycles. The Balaban J connectivity index is 0.000000231. The van der Waals surface area contributed by atoms with E-state index in [9.17, 15) is 28.8 Å². The third kappa shape index (κ3) is 20.0. The summed E-state index contributed by atoms with van der Waals surface area (Å²) in [6, 6.07) is 25.1. The second kappa shape index (κ2) is 36.6. The molecule has 0 atom stereocenters. The number of hydrogen-bond acceptors (Lipinski definition) is 18. The van der Waals surface area contributed by atoms with Gasteiger partial charge >= 0.3 is 7.12 Å². The Hall–Kier alpha value is -9.08. The third-order valence-electron chi connectivity index (χ3n) is 16.1. The minimum absolute atomic E-state index is 0. The second-order valence-electron chi connectivity index (χ2n) is 22.4. The number of amides is 4. The summed E-state index contributed by atoms with van der Waals surface area (Å²) in [5, 5.41) is 47.2. The van der Waals surface area contributed by atoms with Crippen LogP contribution in [0.1, 0.15) is 128 Å². The van der Waals surface area contributed by atoms with Crippen molar-refractivity contribution in [2.24, 2.45) is 0 Å². The number of rotatable bonds is 26. The van der Waals surface area contributed by atoms with Crippen LogP contribution in [-0.4, -0.2) is 136 Å². The first-order chi connectivity index (χ1) is 45.6. The molecule has 6 heterocycles. The van der Waals surface area contributed by atoms with Crippen LogP contribution in [0.5, 0.6) is 11.5 Å². The molecule has 8 N–H and O–H groups in total. The maximum Gasteiger partial charge on any atom is 0.488 e. The van der Waals surface area contributed by atoms with E-state index in [1.807, 2.05) is 91.1 Å². The Kier molecular flexibility index (Phi) is 28.2. The molecular formula is C69H86BBrN12O12. The lowest BCUT2D eigenvalue weighted by atomic mass is 9.80. The van der Waals surface area contributed by atoms with Gasteiger partial charge in [-0.3, -0.25) is 28.8 Å². The summed E-state index contributed by atoms with van der Waals surface area (Å²) in [5.41, 5.74) is 11.8. The fraction of sp³-hybridized carbons (Fsp3) is 0.391. The largest absolute Gasteiger partial charge is 0.496 e. The number of aromatic nitrogens is 6. The average molecular weight is 1370 g/mol. The topological polar surface area (TPSA) is 313 Å². The van der Waals surface area contributed by atoms with E-state index in [1.54, 1.807) is 38.5 Å². The smallest absolute Gasteiger partial charge is 0.488 e. The summed E-state index contributed by atoms with van der Waals surface area (Å²) < 4.78 is 26.4. The highest BCUT2D eigenvalue weighted by Gasteiger charge is 2.25. The number of aryl methyl sites for hydroxylation is 4. The summed E-state index contributed by atoms with van der Waals surface area (Å²) in [6.07, 6.45) is 9.53. The number of carbonyl (C=O) groups is 6. The highest BCUT2D eigenvalue weighted by molar-refractivity contribution is 9.10. The van der Waals surface area contributed by atoms with Crippen LogP contribution in [0, 0.1) is 0 Å². The molecule has 0 saturated carbocycles. The average Bonchev–Trinajstić information content (AvgIpc) is 1.70. The minimum Gasteiger partial charge on any atom is -0.496 e. The Labute approximate surface area is 562 Å². The quantitative estimate of drug-likeness (QED) is 0.0145. The molecule has 8 aromatic rings. The molecule has 2 saturated heterocycles. The van der Waals surface area contributed by atoms with Gasteiger partial charge in [-0.2, -0.15) is 10.2 Å². The van der Waals surface area contributed by atoms with Crippen molar-refractivity contribution in [1.82, 2.24) is 50.8 Å². The second-order valence-corrected chi connectivity index (χ2v) is 23.2. The number of pyridine rings is 2. The molecule has 26 heteroatoms. The molecular weight excluding hydrogens is 1280 g/mol. The van der Waals surface area contributed by atoms with Crippen LogP contribution in [0.25, 0.3) is 33.2 Å². The van der Waals surface area contributed by atoms with Gasteiger partial charge in [0.25, 0.3) is 0 Å². The summed E-state index contributed by atoms with van der Waals surface area (Å²) in [4.78, 5) is 82.2. The number of methoxy groups -OCH3 is 2. The Morgan fingerprint density at radius 1 is 0.600 bits per heavy atom. The van der Waals surface area contributed by atoms with Crippen LogP contribution in [0.2, 0.25) is 0 Å². The zero-order valence-electron chi connectivity index (χ0n) is 53.9. The molecule has 2 fully saturated rings. The van der Waals surface area contributed by atoms with Gasteiger partial charge in [-0.15, -0.1) is 0 Å². The van der Waals surface area contributed by atoms with Crippen LogP contribution in [0.15, 0.2) is 102 Å². The lowest BCUT2D eigenvalue weighted by Crippen LogP contribution is -2.32. The van der Waals surface area contributed by atoms with Crippen molar-refractivity contribution >= 4 is 98.2 Å². The molecule has 0 unspecified atom stereocenters. The number of anilines is 2. The van der Waals surface area contributed by atoms with Crippen LogP contribution in [-0.2, 0) is 80.8 Å². The molecule has 0 spiro atoms. The maximum absolute atomic E-state index is 12.9. The Bertz CT molecular complexity index is 3930. The van der Waals surface area contributed by atoms with E-state index in [0.717, 1.165) is 134 Å². The Morgan fingerprint density at radius 2 is 1.04 bits per heavy atom. The maximum atomic E-state index is 12.9. The first-order valence-electron chi connectivity index (χ1n) is 31.6. The number of hydrogen-bond donors (Lipinski definition) is 8. The van der Waals surface area contributed by atoms with E-state index in [1.165, 1.54) is 12.1 Å². The molecule has 4 amide bonds. The van der Waals surface area contributed by atoms with E-state index in [-0.39, 0.29) is 75.6 Å². The van der Waals surface area contributed by atoms with Gasteiger partial charge in [0.05, 0.1) is 53.2 Å². The molecule has 4 aromatic heterocycles. The minimum atomic E-state index is -1.50. The highest BCUT2D eigenvalue weighted by atomic mass is 79.9. The lowest BCUT2D eigenvalue weighted by Gasteiger charge is -2.26. The van der Waals surface area contributed by atoms with Crippen molar-refractivity contribution in [2.75, 3.05) is 51.3 Å². The number of nitrogens with zero attached hydrogens (tertiary/aromatic N) is 6. The predicted molar refractivity (Wildman–Crippen MR) is 370 cm³/mol. The van der Waals surface area contributed by atoms with Crippen molar-refractivity contribution in [3.05, 3.63) is 147 Å². The SMILES string of the molecule is C.CCc1nc2c(cnn2CC)c(NC2CCOCC2)c1CNC(=O)CC(=O)NCc1ccc(OC)c(-c2cccc(C=O)c2)c1.CCc1nc2c(cnn2CC)c(NC2CCOCC2)c1CNC(=O)CC(=O)NCc1ccc(OC)c(Br)c1.O=Cc1cccc(B(O)O)c1. The van der Waals surface area contributed by atoms with E-state index in [4.69, 9.17) is 39.0 Å². The number of aldehydes is 2. The van der Waals surface area contributed by atoms with Crippen LogP contribution >= 0.6 is 15.9 Å². The third-order valence-corrected chi connectivity index (χ3v) is 16.7. The number of carbonyl (C=O) groups excluding carboxylic acids is 6. The zero-order valence-corrected chi connectivity index (χ0v) is 55.5. The number of ether oxygens (including phenoxy) is 4. The fourth-order valence-corrected chi connectivity index (χ4v) is 11.6. The normalized spacial score (nSPS) is 13.0. The van der Waals surface area contributed by atoms with Crippen molar-refractivity contribution < 1.29 is 57.8 Å². The van der Waals surface area contributed by atoms with Crippen molar-refractivity contribution in [3.8, 4) is 22.6 Å². The molecule has 0 radical (unpaired) electrons. The Morgan fingerprint density at radius 3 is 1.47 bits per heavy atom. The van der Waals surface area contributed by atoms with Crippen LogP contribution < -0.4 is 46.8 Å². The van der Waals surface area contributed by atoms with Crippen molar-refractivity contribution in [3.63, 3.8) is 0 Å². The molecule has 2 aliphatic heterocycles. The van der Waals surface area contributed by atoms with Gasteiger partial charge < -0.3 is 60.9 Å². The summed E-state index contributed by atoms with van der Waals surface area (Å²) in [7, 11) is 1.68. The van der Waals surface area contributed by atoms with Gasteiger partial charge in [0.2, 0.25) is 23.6 Å². The van der Waals surface area contributed by atoms with Gasteiger partial charge in [-0.05, 0) is 121 Å². The number of nitrogens with one attached hydrogen (secondary N) is 6. The molecule has 10 rings (SSSR count). The number of fused-ring (bicyclic) bond motifs is 2. The van der Waals surface area contributed by atoms with Gasteiger partial charge in [-0.1, -0.05) is 75.9 Å². The molecule has 4 aromatic carbocycles. The van der Waals surface area contributed by atoms with Gasteiger partial charge in [0.15, 0.2) is 11.3 Å². The van der Waals surface area contributed by atoms with Crippen LogP contribution in [0.3, 0.4) is 0 Å². The zero-order chi connectivity index (χ0) is 67.1. The molecule has 0 bridgehead atoms. The molecule has 95 heavy (non-hydrogen) atoms. The molecule has 24 nitrogen and oxygen atoms in total. The highest BCUT2D eigenvalue weighted by Crippen LogP contribution is 2.35. The number of benzene rings is 4. The lowest BCUT2D eigenvalue weighted by molar-refractivity contribution is -0.131. The summed E-state index contributed by atoms with van der Waals surface area (Å²) in [6.45, 7) is 13.5. The van der Waals surface area contributed by atoms with Crippen molar-refractivity contribution in [2.45, 2.75) is 138 Å².